The molecule has 0 saturated carbocycles. The molecular formula is C21H27ClN2O+2. The molecule has 2 saturated heterocycles. The van der Waals surface area contributed by atoms with Gasteiger partial charge >= 0.3 is 0 Å². The summed E-state index contributed by atoms with van der Waals surface area (Å²) in [5, 5.41) is 0.729. The normalized spacial score (nSPS) is 28.6. The summed E-state index contributed by atoms with van der Waals surface area (Å²) >= 11 is 5.94. The fourth-order valence-electron chi connectivity index (χ4n) is 4.56. The number of nitrogens with one attached hydrogen (secondary N) is 2. The van der Waals surface area contributed by atoms with E-state index in [1.165, 1.54) is 38.0 Å². The summed E-state index contributed by atoms with van der Waals surface area (Å²) in [7, 11) is 0. The van der Waals surface area contributed by atoms with Crippen molar-refractivity contribution >= 4 is 11.6 Å². The van der Waals surface area contributed by atoms with Crippen LogP contribution in [0.2, 0.25) is 5.02 Å². The fraction of sp³-hybridized carbons (Fsp3) is 0.429. The van der Waals surface area contributed by atoms with Crippen LogP contribution in [0.25, 0.3) is 0 Å². The average molecular weight is 359 g/mol. The van der Waals surface area contributed by atoms with Crippen LogP contribution >= 0.6 is 11.6 Å². The molecule has 2 aliphatic rings. The summed E-state index contributed by atoms with van der Waals surface area (Å²) in [4.78, 5) is 3.57. The minimum Gasteiger partial charge on any atom is -0.457 e. The largest absolute Gasteiger partial charge is 0.457 e. The monoisotopic (exact) mass is 358 g/mol. The predicted octanol–water partition coefficient (Wildman–Crippen LogP) is 1.97. The third-order valence-corrected chi connectivity index (χ3v) is 6.18. The zero-order valence-corrected chi connectivity index (χ0v) is 15.6. The lowest BCUT2D eigenvalue weighted by atomic mass is 10.0. The number of hydrogen-bond donors (Lipinski definition) is 2. The lowest BCUT2D eigenvalue weighted by molar-refractivity contribution is -1.05. The van der Waals surface area contributed by atoms with Crippen molar-refractivity contribution in [3.8, 4) is 11.5 Å². The van der Waals surface area contributed by atoms with Crippen molar-refractivity contribution in [1.29, 1.82) is 0 Å². The molecule has 132 valence electrons. The second kappa shape index (κ2) is 7.36. The first-order chi connectivity index (χ1) is 12.2. The van der Waals surface area contributed by atoms with Gasteiger partial charge < -0.3 is 14.5 Å². The highest BCUT2D eigenvalue weighted by Gasteiger charge is 2.42. The fourth-order valence-corrected chi connectivity index (χ4v) is 4.68. The minimum absolute atomic E-state index is 0.729. The van der Waals surface area contributed by atoms with E-state index < -0.39 is 0 Å². The molecule has 2 aromatic rings. The number of hydrogen-bond acceptors (Lipinski definition) is 1. The van der Waals surface area contributed by atoms with Gasteiger partial charge in [-0.3, -0.25) is 0 Å². The maximum Gasteiger partial charge on any atom is 0.140 e. The first kappa shape index (κ1) is 16.9. The van der Waals surface area contributed by atoms with Crippen LogP contribution in [0.3, 0.4) is 0 Å². The molecule has 0 radical (unpaired) electrons. The van der Waals surface area contributed by atoms with Crippen LogP contribution in [0.4, 0.5) is 0 Å². The van der Waals surface area contributed by atoms with E-state index in [1.807, 2.05) is 35.2 Å². The Labute approximate surface area is 155 Å². The van der Waals surface area contributed by atoms with Gasteiger partial charge in [0.1, 0.15) is 43.2 Å². The summed E-state index contributed by atoms with van der Waals surface area (Å²) in [6, 6.07) is 17.7. The van der Waals surface area contributed by atoms with Crippen LogP contribution in [0.15, 0.2) is 48.5 Å². The highest BCUT2D eigenvalue weighted by atomic mass is 35.5. The summed E-state index contributed by atoms with van der Waals surface area (Å²) in [5.74, 6) is 1.72. The van der Waals surface area contributed by atoms with Crippen LogP contribution in [-0.2, 0) is 6.54 Å². The lowest BCUT2D eigenvalue weighted by Crippen LogP contribution is -3.31. The molecule has 2 N–H and O–H groups in total. The third-order valence-electron chi connectivity index (χ3n) is 5.93. The Kier molecular flexibility index (Phi) is 4.98. The highest BCUT2D eigenvalue weighted by Crippen LogP contribution is 2.23. The van der Waals surface area contributed by atoms with Crippen LogP contribution < -0.4 is 14.5 Å². The van der Waals surface area contributed by atoms with E-state index in [1.54, 1.807) is 4.90 Å². The number of ether oxygens (including phenoxy) is 1. The Morgan fingerprint density at radius 3 is 2.72 bits per heavy atom. The number of halogens is 1. The van der Waals surface area contributed by atoms with Gasteiger partial charge in [0.15, 0.2) is 0 Å². The Balaban J connectivity index is 1.43. The van der Waals surface area contributed by atoms with Crippen molar-refractivity contribution in [2.75, 3.05) is 19.6 Å². The van der Waals surface area contributed by atoms with E-state index in [0.717, 1.165) is 35.2 Å². The second-order valence-corrected chi connectivity index (χ2v) is 7.92. The summed E-state index contributed by atoms with van der Waals surface area (Å²) in [5.41, 5.74) is 1.36. The molecule has 25 heavy (non-hydrogen) atoms. The SMILES string of the molecule is C[C@@H]1[C@@H]2CCC[NH+]2CC[NH+]1Cc1cccc(Oc2ccc(Cl)cc2)c1. The number of quaternary nitrogens is 2. The van der Waals surface area contributed by atoms with Crippen molar-refractivity contribution in [3.63, 3.8) is 0 Å². The number of rotatable bonds is 4. The Morgan fingerprint density at radius 1 is 1.04 bits per heavy atom. The molecular weight excluding hydrogens is 332 g/mol. The van der Waals surface area contributed by atoms with Crippen LogP contribution in [0, 0.1) is 0 Å². The third kappa shape index (κ3) is 3.84. The average Bonchev–Trinajstić information content (AvgIpc) is 3.09. The van der Waals surface area contributed by atoms with Crippen molar-refractivity contribution in [3.05, 3.63) is 59.1 Å². The zero-order valence-electron chi connectivity index (χ0n) is 14.8. The molecule has 4 rings (SSSR count). The number of piperazine rings is 1. The Morgan fingerprint density at radius 2 is 1.88 bits per heavy atom. The molecule has 4 atom stereocenters. The molecule has 2 heterocycles. The van der Waals surface area contributed by atoms with Gasteiger partial charge in [-0.2, -0.15) is 0 Å². The van der Waals surface area contributed by atoms with Crippen molar-refractivity contribution < 1.29 is 14.5 Å². The van der Waals surface area contributed by atoms with Crippen molar-refractivity contribution in [2.45, 2.75) is 38.4 Å². The van der Waals surface area contributed by atoms with Gasteiger partial charge in [0.05, 0.1) is 6.54 Å². The van der Waals surface area contributed by atoms with E-state index in [9.17, 15) is 0 Å². The van der Waals surface area contributed by atoms with Crippen molar-refractivity contribution in [2.24, 2.45) is 0 Å². The molecule has 2 unspecified atom stereocenters. The summed E-state index contributed by atoms with van der Waals surface area (Å²) in [6.07, 6.45) is 2.81. The van der Waals surface area contributed by atoms with E-state index in [4.69, 9.17) is 16.3 Å². The first-order valence-electron chi connectivity index (χ1n) is 9.40. The second-order valence-electron chi connectivity index (χ2n) is 7.48. The van der Waals surface area contributed by atoms with Crippen LogP contribution in [0.5, 0.6) is 11.5 Å². The van der Waals surface area contributed by atoms with Crippen LogP contribution in [-0.4, -0.2) is 31.7 Å². The highest BCUT2D eigenvalue weighted by molar-refractivity contribution is 6.30. The standard InChI is InChI=1S/C21H25ClN2O/c1-16-21-6-3-11-23(21)12-13-24(16)15-17-4-2-5-20(14-17)25-19-9-7-18(22)8-10-19/h2,4-5,7-10,14,16,21H,3,6,11-13,15H2,1H3/p+2/t16-,21+/m1/s1. The zero-order chi connectivity index (χ0) is 17.2. The number of fused-ring (bicyclic) bond motifs is 1. The molecule has 0 spiro atoms. The maximum absolute atomic E-state index is 5.99. The molecule has 2 aromatic carbocycles. The molecule has 2 fully saturated rings. The molecule has 0 aliphatic carbocycles. The number of benzene rings is 2. The molecule has 0 bridgehead atoms. The minimum atomic E-state index is 0.729. The van der Waals surface area contributed by atoms with E-state index in [2.05, 4.69) is 25.1 Å². The Bertz CT molecular complexity index is 718. The van der Waals surface area contributed by atoms with E-state index in [-0.39, 0.29) is 0 Å². The van der Waals surface area contributed by atoms with Crippen molar-refractivity contribution in [1.82, 2.24) is 0 Å². The molecule has 0 amide bonds. The molecule has 3 nitrogen and oxygen atoms in total. The lowest BCUT2D eigenvalue weighted by Gasteiger charge is -2.37. The quantitative estimate of drug-likeness (QED) is 0.855. The van der Waals surface area contributed by atoms with Crippen LogP contribution in [0.1, 0.15) is 25.3 Å². The Hall–Kier alpha value is -1.55. The first-order valence-corrected chi connectivity index (χ1v) is 9.78. The molecule has 4 heteroatoms. The van der Waals surface area contributed by atoms with Gasteiger partial charge in [-0.25, -0.2) is 0 Å². The van der Waals surface area contributed by atoms with Gasteiger partial charge in [-0.05, 0) is 43.3 Å². The maximum atomic E-state index is 5.99. The molecule has 2 aliphatic heterocycles. The van der Waals surface area contributed by atoms with E-state index in [0.29, 0.717) is 0 Å². The van der Waals surface area contributed by atoms with Gasteiger partial charge in [-0.1, -0.05) is 23.7 Å². The van der Waals surface area contributed by atoms with Gasteiger partial charge in [0, 0.05) is 23.4 Å². The van der Waals surface area contributed by atoms with E-state index >= 15 is 0 Å². The molecule has 0 aromatic heterocycles. The summed E-state index contributed by atoms with van der Waals surface area (Å²) < 4.78 is 5.99. The predicted molar refractivity (Wildman–Crippen MR) is 101 cm³/mol. The summed E-state index contributed by atoms with van der Waals surface area (Å²) in [6.45, 7) is 7.51. The van der Waals surface area contributed by atoms with Gasteiger partial charge in [-0.15, -0.1) is 0 Å². The van der Waals surface area contributed by atoms with Gasteiger partial charge in [0.2, 0.25) is 0 Å². The topological polar surface area (TPSA) is 18.1 Å². The smallest absolute Gasteiger partial charge is 0.140 e. The van der Waals surface area contributed by atoms with Gasteiger partial charge in [0.25, 0.3) is 0 Å².